The zero-order chi connectivity index (χ0) is 16.8. The number of para-hydroxylation sites is 2. The van der Waals surface area contributed by atoms with Crippen molar-refractivity contribution >= 4 is 5.82 Å². The Morgan fingerprint density at radius 3 is 2.42 bits per heavy atom. The van der Waals surface area contributed by atoms with Crippen LogP contribution >= 0.6 is 0 Å². The third-order valence-corrected chi connectivity index (χ3v) is 3.49. The predicted octanol–water partition coefficient (Wildman–Crippen LogP) is 5.00. The first-order chi connectivity index (χ1) is 11.7. The lowest BCUT2D eigenvalue weighted by Crippen LogP contribution is -2.10. The monoisotopic (exact) mass is 319 g/mol. The van der Waals surface area contributed by atoms with Gasteiger partial charge in [-0.15, -0.1) is 0 Å². The molecule has 0 unspecified atom stereocenters. The number of hydrogen-bond acceptors (Lipinski definition) is 4. The second kappa shape index (κ2) is 7.59. The van der Waals surface area contributed by atoms with E-state index < -0.39 is 0 Å². The van der Waals surface area contributed by atoms with Crippen LogP contribution in [-0.2, 0) is 0 Å². The Balaban J connectivity index is 1.95. The Labute approximate surface area is 142 Å². The molecule has 0 amide bonds. The van der Waals surface area contributed by atoms with Gasteiger partial charge in [0, 0.05) is 24.5 Å². The van der Waals surface area contributed by atoms with Gasteiger partial charge in [0.2, 0.25) is 0 Å². The topological polar surface area (TPSA) is 47.0 Å². The molecule has 0 fully saturated rings. The molecule has 0 radical (unpaired) electrons. The van der Waals surface area contributed by atoms with Crippen LogP contribution in [0.2, 0.25) is 0 Å². The van der Waals surface area contributed by atoms with Crippen molar-refractivity contribution in [1.82, 2.24) is 9.97 Å². The maximum atomic E-state index is 6.05. The van der Waals surface area contributed by atoms with Crippen LogP contribution < -0.4 is 10.1 Å². The van der Waals surface area contributed by atoms with Gasteiger partial charge < -0.3 is 10.1 Å². The van der Waals surface area contributed by atoms with Gasteiger partial charge in [-0.25, -0.2) is 4.98 Å². The molecule has 24 heavy (non-hydrogen) atoms. The number of rotatable bonds is 6. The van der Waals surface area contributed by atoms with Crippen molar-refractivity contribution in [2.24, 2.45) is 5.92 Å². The summed E-state index contributed by atoms with van der Waals surface area (Å²) in [7, 11) is 0. The third kappa shape index (κ3) is 3.90. The summed E-state index contributed by atoms with van der Waals surface area (Å²) in [5.74, 6) is 2.85. The molecule has 1 N–H and O–H groups in total. The standard InChI is InChI=1S/C20H21N3O/c1-15(2)14-23-20-19(21-12-13-22-20)17-10-6-7-11-18(17)24-16-8-4-3-5-9-16/h3-13,15H,14H2,1-2H3,(H,22,23). The van der Waals surface area contributed by atoms with Crippen LogP contribution in [0.1, 0.15) is 13.8 Å². The van der Waals surface area contributed by atoms with Gasteiger partial charge in [0.15, 0.2) is 5.82 Å². The molecular formula is C20H21N3O. The van der Waals surface area contributed by atoms with Crippen molar-refractivity contribution in [2.75, 3.05) is 11.9 Å². The van der Waals surface area contributed by atoms with Gasteiger partial charge >= 0.3 is 0 Å². The van der Waals surface area contributed by atoms with Crippen LogP contribution in [0.5, 0.6) is 11.5 Å². The highest BCUT2D eigenvalue weighted by molar-refractivity contribution is 5.76. The Morgan fingerprint density at radius 2 is 1.62 bits per heavy atom. The molecule has 3 aromatic rings. The summed E-state index contributed by atoms with van der Waals surface area (Å²) in [5, 5.41) is 3.37. The lowest BCUT2D eigenvalue weighted by Gasteiger charge is -2.14. The Hall–Kier alpha value is -2.88. The summed E-state index contributed by atoms with van der Waals surface area (Å²) < 4.78 is 6.05. The van der Waals surface area contributed by atoms with Gasteiger partial charge in [-0.1, -0.05) is 44.2 Å². The highest BCUT2D eigenvalue weighted by atomic mass is 16.5. The average Bonchev–Trinajstić information content (AvgIpc) is 2.62. The molecule has 0 aliphatic heterocycles. The van der Waals surface area contributed by atoms with E-state index in [1.54, 1.807) is 12.4 Å². The van der Waals surface area contributed by atoms with E-state index in [1.807, 2.05) is 54.6 Å². The maximum Gasteiger partial charge on any atom is 0.152 e. The van der Waals surface area contributed by atoms with Gasteiger partial charge in [-0.2, -0.15) is 0 Å². The lowest BCUT2D eigenvalue weighted by molar-refractivity contribution is 0.484. The number of anilines is 1. The van der Waals surface area contributed by atoms with Crippen LogP contribution in [0.3, 0.4) is 0 Å². The van der Waals surface area contributed by atoms with E-state index >= 15 is 0 Å². The smallest absolute Gasteiger partial charge is 0.152 e. The first kappa shape index (κ1) is 16.0. The zero-order valence-electron chi connectivity index (χ0n) is 13.9. The molecule has 0 aliphatic carbocycles. The fourth-order valence-electron chi connectivity index (χ4n) is 2.33. The van der Waals surface area contributed by atoms with Crippen molar-refractivity contribution in [3.05, 3.63) is 67.0 Å². The molecule has 1 heterocycles. The van der Waals surface area contributed by atoms with Crippen molar-refractivity contribution in [3.8, 4) is 22.8 Å². The number of benzene rings is 2. The Bertz CT molecular complexity index is 788. The van der Waals surface area contributed by atoms with Crippen molar-refractivity contribution < 1.29 is 4.74 Å². The van der Waals surface area contributed by atoms with Crippen molar-refractivity contribution in [1.29, 1.82) is 0 Å². The molecule has 0 atom stereocenters. The van der Waals surface area contributed by atoms with Crippen molar-refractivity contribution in [2.45, 2.75) is 13.8 Å². The summed E-state index contributed by atoms with van der Waals surface area (Å²) in [6.07, 6.45) is 3.40. The van der Waals surface area contributed by atoms with Gasteiger partial charge in [0.1, 0.15) is 17.2 Å². The molecule has 4 nitrogen and oxygen atoms in total. The van der Waals surface area contributed by atoms with E-state index in [0.717, 1.165) is 35.1 Å². The Kier molecular flexibility index (Phi) is 5.06. The molecule has 2 aromatic carbocycles. The molecule has 1 aromatic heterocycles. The molecule has 0 aliphatic rings. The van der Waals surface area contributed by atoms with E-state index in [1.165, 1.54) is 0 Å². The summed E-state index contributed by atoms with van der Waals surface area (Å²) in [6.45, 7) is 5.17. The van der Waals surface area contributed by atoms with Gasteiger partial charge in [0.25, 0.3) is 0 Å². The molecular weight excluding hydrogens is 298 g/mol. The number of nitrogens with one attached hydrogen (secondary N) is 1. The predicted molar refractivity (Wildman–Crippen MR) is 97.3 cm³/mol. The fourth-order valence-corrected chi connectivity index (χ4v) is 2.33. The highest BCUT2D eigenvalue weighted by Crippen LogP contribution is 2.34. The quantitative estimate of drug-likeness (QED) is 0.694. The van der Waals surface area contributed by atoms with Gasteiger partial charge in [-0.05, 0) is 30.2 Å². The van der Waals surface area contributed by atoms with Crippen LogP contribution in [-0.4, -0.2) is 16.5 Å². The van der Waals surface area contributed by atoms with Crippen LogP contribution in [0, 0.1) is 5.92 Å². The number of nitrogens with zero attached hydrogens (tertiary/aromatic N) is 2. The molecule has 0 bridgehead atoms. The molecule has 3 rings (SSSR count). The summed E-state index contributed by atoms with van der Waals surface area (Å²) in [5.41, 5.74) is 1.71. The fraction of sp³-hybridized carbons (Fsp3) is 0.200. The lowest BCUT2D eigenvalue weighted by atomic mass is 10.1. The third-order valence-electron chi connectivity index (χ3n) is 3.49. The van der Waals surface area contributed by atoms with E-state index in [9.17, 15) is 0 Å². The second-order valence-corrected chi connectivity index (χ2v) is 5.94. The first-order valence-corrected chi connectivity index (χ1v) is 8.11. The SMILES string of the molecule is CC(C)CNc1nccnc1-c1ccccc1Oc1ccccc1. The van der Waals surface area contributed by atoms with Gasteiger partial charge in [-0.3, -0.25) is 4.98 Å². The average molecular weight is 319 g/mol. The number of hydrogen-bond donors (Lipinski definition) is 1. The van der Waals surface area contributed by atoms with E-state index in [2.05, 4.69) is 29.1 Å². The summed E-state index contributed by atoms with van der Waals surface area (Å²) in [6, 6.07) is 17.6. The highest BCUT2D eigenvalue weighted by Gasteiger charge is 2.13. The van der Waals surface area contributed by atoms with Crippen LogP contribution in [0.25, 0.3) is 11.3 Å². The summed E-state index contributed by atoms with van der Waals surface area (Å²) in [4.78, 5) is 8.97. The number of aromatic nitrogens is 2. The first-order valence-electron chi connectivity index (χ1n) is 8.11. The second-order valence-electron chi connectivity index (χ2n) is 5.94. The maximum absolute atomic E-state index is 6.05. The zero-order valence-corrected chi connectivity index (χ0v) is 13.9. The van der Waals surface area contributed by atoms with E-state index in [4.69, 9.17) is 4.74 Å². The normalized spacial score (nSPS) is 10.6. The number of ether oxygens (including phenoxy) is 1. The van der Waals surface area contributed by atoms with Gasteiger partial charge in [0.05, 0.1) is 0 Å². The van der Waals surface area contributed by atoms with Crippen molar-refractivity contribution in [3.63, 3.8) is 0 Å². The van der Waals surface area contributed by atoms with Crippen LogP contribution in [0.15, 0.2) is 67.0 Å². The largest absolute Gasteiger partial charge is 0.457 e. The molecule has 0 saturated heterocycles. The molecule has 122 valence electrons. The molecule has 0 spiro atoms. The van der Waals surface area contributed by atoms with Crippen LogP contribution in [0.4, 0.5) is 5.82 Å². The molecule has 0 saturated carbocycles. The molecule has 4 heteroatoms. The minimum atomic E-state index is 0.524. The van der Waals surface area contributed by atoms with E-state index in [0.29, 0.717) is 5.92 Å². The minimum Gasteiger partial charge on any atom is -0.457 e. The van der Waals surface area contributed by atoms with E-state index in [-0.39, 0.29) is 0 Å². The summed E-state index contributed by atoms with van der Waals surface area (Å²) >= 11 is 0. The minimum absolute atomic E-state index is 0.524. The Morgan fingerprint density at radius 1 is 0.917 bits per heavy atom.